The highest BCUT2D eigenvalue weighted by Gasteiger charge is 2.09. The molecule has 2 aromatic heterocycles. The molecule has 0 amide bonds. The van der Waals surface area contributed by atoms with E-state index in [1.54, 1.807) is 0 Å². The average molecular weight is 260 g/mol. The molecule has 0 aromatic carbocycles. The molecule has 0 saturated heterocycles. The molecule has 0 aliphatic heterocycles. The summed E-state index contributed by atoms with van der Waals surface area (Å²) in [5.74, 6) is 1.43. The number of hydrogen-bond donors (Lipinski definition) is 0. The molecular weight excluding hydrogens is 238 g/mol. The first-order valence-corrected chi connectivity index (χ1v) is 7.08. The third-order valence-corrected chi connectivity index (χ3v) is 3.20. The largest absolute Gasteiger partial charge is 0.334 e. The van der Waals surface area contributed by atoms with E-state index in [1.807, 2.05) is 36.1 Å². The highest BCUT2D eigenvalue weighted by molar-refractivity contribution is 5.50. The Morgan fingerprint density at radius 3 is 2.58 bits per heavy atom. The Balaban J connectivity index is 1.86. The molecule has 0 spiro atoms. The molecule has 2 heterocycles. The number of nitrogens with zero attached hydrogens (tertiary/aromatic N) is 3. The van der Waals surface area contributed by atoms with Crippen molar-refractivity contribution in [2.24, 2.45) is 7.05 Å². The zero-order valence-electron chi connectivity index (χ0n) is 11.8. The van der Waals surface area contributed by atoms with Crippen molar-refractivity contribution in [1.82, 2.24) is 10.1 Å². The van der Waals surface area contributed by atoms with Gasteiger partial charge in [-0.2, -0.15) is 4.98 Å². The van der Waals surface area contributed by atoms with Crippen LogP contribution in [0, 0.1) is 0 Å². The zero-order chi connectivity index (χ0) is 13.5. The van der Waals surface area contributed by atoms with E-state index in [4.69, 9.17) is 4.52 Å². The lowest BCUT2D eigenvalue weighted by atomic mass is 10.1. The molecule has 0 unspecified atom stereocenters. The first-order valence-electron chi connectivity index (χ1n) is 7.08. The quantitative estimate of drug-likeness (QED) is 0.567. The normalized spacial score (nSPS) is 10.8. The van der Waals surface area contributed by atoms with Gasteiger partial charge in [-0.1, -0.05) is 37.8 Å². The number of aromatic nitrogens is 3. The maximum atomic E-state index is 5.30. The van der Waals surface area contributed by atoms with Crippen LogP contribution >= 0.6 is 0 Å². The average Bonchev–Trinajstić information content (AvgIpc) is 2.88. The Morgan fingerprint density at radius 1 is 1.11 bits per heavy atom. The molecular formula is C15H22N3O+. The molecule has 2 rings (SSSR count). The lowest BCUT2D eigenvalue weighted by Crippen LogP contribution is -2.25. The first kappa shape index (κ1) is 13.7. The summed E-state index contributed by atoms with van der Waals surface area (Å²) in [5.41, 5.74) is 0.975. The van der Waals surface area contributed by atoms with Gasteiger partial charge in [-0.15, -0.1) is 0 Å². The Labute approximate surface area is 114 Å². The van der Waals surface area contributed by atoms with Crippen molar-refractivity contribution < 1.29 is 9.09 Å². The topological polar surface area (TPSA) is 42.8 Å². The fourth-order valence-corrected chi connectivity index (χ4v) is 2.00. The standard InChI is InChI=1S/C15H22N3O/c1-3-4-5-6-7-8-14-16-15(19-17-14)13-9-11-18(2)12-10-13/h9-12H,3-8H2,1-2H3/q+1. The van der Waals surface area contributed by atoms with E-state index in [0.717, 1.165) is 24.2 Å². The molecule has 0 fully saturated rings. The van der Waals surface area contributed by atoms with Crippen LogP contribution in [0.4, 0.5) is 0 Å². The second-order valence-corrected chi connectivity index (χ2v) is 4.93. The van der Waals surface area contributed by atoms with Gasteiger partial charge in [0.25, 0.3) is 5.89 Å². The third kappa shape index (κ3) is 4.16. The van der Waals surface area contributed by atoms with E-state index >= 15 is 0 Å². The molecule has 0 bridgehead atoms. The van der Waals surface area contributed by atoms with Gasteiger partial charge in [-0.25, -0.2) is 4.57 Å². The Hall–Kier alpha value is -1.71. The van der Waals surface area contributed by atoms with Gasteiger partial charge in [0.15, 0.2) is 18.2 Å². The van der Waals surface area contributed by atoms with Crippen LogP contribution in [0.2, 0.25) is 0 Å². The van der Waals surface area contributed by atoms with Crippen molar-refractivity contribution >= 4 is 0 Å². The Bertz CT molecular complexity index is 490. The molecule has 19 heavy (non-hydrogen) atoms. The Morgan fingerprint density at radius 2 is 1.84 bits per heavy atom. The van der Waals surface area contributed by atoms with Gasteiger partial charge >= 0.3 is 0 Å². The van der Waals surface area contributed by atoms with Crippen LogP contribution in [0.3, 0.4) is 0 Å². The molecule has 0 N–H and O–H groups in total. The molecule has 0 aliphatic rings. The van der Waals surface area contributed by atoms with Crippen molar-refractivity contribution in [2.75, 3.05) is 0 Å². The van der Waals surface area contributed by atoms with Gasteiger partial charge in [-0.3, -0.25) is 0 Å². The van der Waals surface area contributed by atoms with Gasteiger partial charge in [0.05, 0.1) is 5.56 Å². The van der Waals surface area contributed by atoms with Crippen LogP contribution in [-0.4, -0.2) is 10.1 Å². The number of pyridine rings is 1. The monoisotopic (exact) mass is 260 g/mol. The van der Waals surface area contributed by atoms with Gasteiger partial charge < -0.3 is 4.52 Å². The van der Waals surface area contributed by atoms with E-state index in [1.165, 1.54) is 25.7 Å². The number of rotatable bonds is 7. The van der Waals surface area contributed by atoms with E-state index in [9.17, 15) is 0 Å². The lowest BCUT2D eigenvalue weighted by molar-refractivity contribution is -0.671. The van der Waals surface area contributed by atoms with Crippen molar-refractivity contribution in [3.05, 3.63) is 30.4 Å². The molecule has 0 radical (unpaired) electrons. The summed E-state index contributed by atoms with van der Waals surface area (Å²) >= 11 is 0. The van der Waals surface area contributed by atoms with Crippen LogP contribution in [0.5, 0.6) is 0 Å². The summed E-state index contributed by atoms with van der Waals surface area (Å²) in [6, 6.07) is 3.97. The van der Waals surface area contributed by atoms with Crippen molar-refractivity contribution in [3.63, 3.8) is 0 Å². The molecule has 0 aliphatic carbocycles. The van der Waals surface area contributed by atoms with Crippen molar-refractivity contribution in [1.29, 1.82) is 0 Å². The minimum Gasteiger partial charge on any atom is -0.334 e. The van der Waals surface area contributed by atoms with Gasteiger partial charge in [0, 0.05) is 18.6 Å². The molecule has 0 saturated carbocycles. The number of hydrogen-bond acceptors (Lipinski definition) is 3. The fraction of sp³-hybridized carbons (Fsp3) is 0.533. The summed E-state index contributed by atoms with van der Waals surface area (Å²) in [7, 11) is 1.99. The minimum atomic E-state index is 0.615. The summed E-state index contributed by atoms with van der Waals surface area (Å²) in [5, 5.41) is 4.04. The van der Waals surface area contributed by atoms with E-state index < -0.39 is 0 Å². The van der Waals surface area contributed by atoms with E-state index in [-0.39, 0.29) is 0 Å². The van der Waals surface area contributed by atoms with Gasteiger partial charge in [-0.05, 0) is 6.42 Å². The maximum absolute atomic E-state index is 5.30. The summed E-state index contributed by atoms with van der Waals surface area (Å²) < 4.78 is 7.28. The van der Waals surface area contributed by atoms with Crippen LogP contribution in [0.15, 0.2) is 29.0 Å². The van der Waals surface area contributed by atoms with E-state index in [2.05, 4.69) is 17.1 Å². The highest BCUT2D eigenvalue weighted by atomic mass is 16.5. The van der Waals surface area contributed by atoms with Crippen molar-refractivity contribution in [2.45, 2.75) is 45.4 Å². The smallest absolute Gasteiger partial charge is 0.258 e. The highest BCUT2D eigenvalue weighted by Crippen LogP contribution is 2.16. The zero-order valence-corrected chi connectivity index (χ0v) is 11.8. The first-order chi connectivity index (χ1) is 9.29. The molecule has 4 heteroatoms. The predicted molar refractivity (Wildman–Crippen MR) is 73.4 cm³/mol. The third-order valence-electron chi connectivity index (χ3n) is 3.20. The fourth-order valence-electron chi connectivity index (χ4n) is 2.00. The summed E-state index contributed by atoms with van der Waals surface area (Å²) in [6.07, 6.45) is 11.1. The molecule has 4 nitrogen and oxygen atoms in total. The minimum absolute atomic E-state index is 0.615. The van der Waals surface area contributed by atoms with Crippen LogP contribution in [-0.2, 0) is 13.5 Å². The molecule has 102 valence electrons. The van der Waals surface area contributed by atoms with E-state index in [0.29, 0.717) is 5.89 Å². The summed E-state index contributed by atoms with van der Waals surface area (Å²) in [4.78, 5) is 4.44. The SMILES string of the molecule is CCCCCCCc1noc(-c2cc[n+](C)cc2)n1. The predicted octanol–water partition coefficient (Wildman–Crippen LogP) is 3.07. The van der Waals surface area contributed by atoms with Gasteiger partial charge in [0.2, 0.25) is 0 Å². The molecule has 0 atom stereocenters. The van der Waals surface area contributed by atoms with Crippen LogP contribution in [0.25, 0.3) is 11.5 Å². The summed E-state index contributed by atoms with van der Waals surface area (Å²) in [6.45, 7) is 2.23. The van der Waals surface area contributed by atoms with Crippen LogP contribution in [0.1, 0.15) is 44.9 Å². The second-order valence-electron chi connectivity index (χ2n) is 4.93. The van der Waals surface area contributed by atoms with Crippen LogP contribution < -0.4 is 4.57 Å². The lowest BCUT2D eigenvalue weighted by Gasteiger charge is -1.96. The molecule has 2 aromatic rings. The maximum Gasteiger partial charge on any atom is 0.258 e. The number of unbranched alkanes of at least 4 members (excludes halogenated alkanes) is 4. The second kappa shape index (κ2) is 7.02. The van der Waals surface area contributed by atoms with Gasteiger partial charge in [0.1, 0.15) is 7.05 Å². The Kier molecular flexibility index (Phi) is 5.07. The number of aryl methyl sites for hydroxylation is 2. The van der Waals surface area contributed by atoms with Crippen molar-refractivity contribution in [3.8, 4) is 11.5 Å².